The average molecular weight is 545 g/mol. The summed E-state index contributed by atoms with van der Waals surface area (Å²) in [6.45, 7) is 11.0. The SMILES string of the molecule is CCOC(=O)CCNC(=O)[C@H](CC(C)C)NC(=O)c1cc(-c2c(OC)cccc2OC)n(CC(CC)CC)n1. The summed E-state index contributed by atoms with van der Waals surface area (Å²) in [5.74, 6) is 0.510. The van der Waals surface area contributed by atoms with E-state index in [4.69, 9.17) is 14.2 Å². The van der Waals surface area contributed by atoms with Crippen molar-refractivity contribution in [3.63, 3.8) is 0 Å². The van der Waals surface area contributed by atoms with Crippen LogP contribution in [0.25, 0.3) is 11.3 Å². The van der Waals surface area contributed by atoms with Crippen molar-refractivity contribution < 1.29 is 28.6 Å². The molecule has 0 saturated heterocycles. The highest BCUT2D eigenvalue weighted by Crippen LogP contribution is 2.39. The number of rotatable bonds is 16. The molecule has 0 bridgehead atoms. The normalized spacial score (nSPS) is 11.8. The Morgan fingerprint density at radius 1 is 1.03 bits per heavy atom. The van der Waals surface area contributed by atoms with Crippen molar-refractivity contribution in [3.05, 3.63) is 30.0 Å². The Labute approximate surface area is 231 Å². The lowest BCUT2D eigenvalue weighted by atomic mass is 10.0. The second kappa shape index (κ2) is 15.8. The predicted molar refractivity (Wildman–Crippen MR) is 150 cm³/mol. The van der Waals surface area contributed by atoms with Crippen LogP contribution in [0.1, 0.15) is 70.8 Å². The van der Waals surface area contributed by atoms with Gasteiger partial charge in [-0.2, -0.15) is 5.10 Å². The van der Waals surface area contributed by atoms with Gasteiger partial charge in [-0.05, 0) is 43.4 Å². The molecule has 0 spiro atoms. The quantitative estimate of drug-likeness (QED) is 0.304. The van der Waals surface area contributed by atoms with Crippen molar-refractivity contribution in [2.24, 2.45) is 11.8 Å². The van der Waals surface area contributed by atoms with Gasteiger partial charge in [0.25, 0.3) is 5.91 Å². The molecule has 0 saturated carbocycles. The van der Waals surface area contributed by atoms with Crippen LogP contribution < -0.4 is 20.1 Å². The van der Waals surface area contributed by atoms with E-state index in [0.717, 1.165) is 12.8 Å². The fourth-order valence-electron chi connectivity index (χ4n) is 4.34. The van der Waals surface area contributed by atoms with Gasteiger partial charge >= 0.3 is 5.97 Å². The summed E-state index contributed by atoms with van der Waals surface area (Å²) >= 11 is 0. The molecule has 1 atom stereocenters. The lowest BCUT2D eigenvalue weighted by molar-refractivity contribution is -0.143. The van der Waals surface area contributed by atoms with Crippen LogP contribution in [-0.2, 0) is 20.9 Å². The number of nitrogens with zero attached hydrogens (tertiary/aromatic N) is 2. The fourth-order valence-corrected chi connectivity index (χ4v) is 4.34. The summed E-state index contributed by atoms with van der Waals surface area (Å²) in [7, 11) is 3.18. The summed E-state index contributed by atoms with van der Waals surface area (Å²) in [6.07, 6.45) is 2.41. The summed E-state index contributed by atoms with van der Waals surface area (Å²) in [4.78, 5) is 38.0. The van der Waals surface area contributed by atoms with Crippen LogP contribution in [0.3, 0.4) is 0 Å². The molecule has 1 aromatic carbocycles. The summed E-state index contributed by atoms with van der Waals surface area (Å²) in [6, 6.07) is 6.45. The first-order valence-corrected chi connectivity index (χ1v) is 13.7. The van der Waals surface area contributed by atoms with Gasteiger partial charge in [0, 0.05) is 13.1 Å². The maximum Gasteiger partial charge on any atom is 0.307 e. The monoisotopic (exact) mass is 544 g/mol. The maximum absolute atomic E-state index is 13.4. The van der Waals surface area contributed by atoms with Crippen molar-refractivity contribution >= 4 is 17.8 Å². The first-order chi connectivity index (χ1) is 18.7. The molecule has 2 N–H and O–H groups in total. The van der Waals surface area contributed by atoms with Gasteiger partial charge < -0.3 is 24.8 Å². The van der Waals surface area contributed by atoms with Crippen LogP contribution in [0.2, 0.25) is 0 Å². The Bertz CT molecular complexity index is 1070. The van der Waals surface area contributed by atoms with Crippen LogP contribution in [-0.4, -0.2) is 61.0 Å². The third-order valence-corrected chi connectivity index (χ3v) is 6.55. The van der Waals surface area contributed by atoms with E-state index in [-0.39, 0.29) is 43.1 Å². The minimum absolute atomic E-state index is 0.0620. The molecule has 2 rings (SSSR count). The first-order valence-electron chi connectivity index (χ1n) is 13.7. The van der Waals surface area contributed by atoms with E-state index in [1.54, 1.807) is 27.2 Å². The number of carbonyl (C=O) groups excluding carboxylic acids is 3. The minimum Gasteiger partial charge on any atom is -0.496 e. The van der Waals surface area contributed by atoms with Crippen molar-refractivity contribution in [3.8, 4) is 22.8 Å². The van der Waals surface area contributed by atoms with Gasteiger partial charge in [0.1, 0.15) is 17.5 Å². The Hall–Kier alpha value is -3.56. The molecule has 39 heavy (non-hydrogen) atoms. The second-order valence-corrected chi connectivity index (χ2v) is 9.82. The average Bonchev–Trinajstić information content (AvgIpc) is 3.33. The zero-order chi connectivity index (χ0) is 28.9. The molecular formula is C29H44N4O6. The molecule has 0 unspecified atom stereocenters. The number of carbonyl (C=O) groups is 3. The third kappa shape index (κ3) is 9.01. The highest BCUT2D eigenvalue weighted by Gasteiger charge is 2.26. The topological polar surface area (TPSA) is 121 Å². The summed E-state index contributed by atoms with van der Waals surface area (Å²) < 4.78 is 18.0. The molecule has 2 aromatic rings. The van der Waals surface area contributed by atoms with E-state index >= 15 is 0 Å². The summed E-state index contributed by atoms with van der Waals surface area (Å²) in [5, 5.41) is 10.3. The van der Waals surface area contributed by atoms with Crippen LogP contribution in [0.5, 0.6) is 11.5 Å². The number of hydrogen-bond acceptors (Lipinski definition) is 7. The van der Waals surface area contributed by atoms with Gasteiger partial charge in [0.15, 0.2) is 5.69 Å². The predicted octanol–water partition coefficient (Wildman–Crippen LogP) is 4.22. The van der Waals surface area contributed by atoms with Gasteiger partial charge in [-0.1, -0.05) is 46.6 Å². The van der Waals surface area contributed by atoms with Gasteiger partial charge in [0.05, 0.1) is 38.5 Å². The molecule has 1 aromatic heterocycles. The number of nitrogens with one attached hydrogen (secondary N) is 2. The van der Waals surface area contributed by atoms with Gasteiger partial charge in [-0.3, -0.25) is 19.1 Å². The zero-order valence-electron chi connectivity index (χ0n) is 24.3. The standard InChI is InChI=1S/C29H44N4O6/c1-8-20(9-2)18-33-23(27-24(37-6)12-11-13-25(27)38-7)17-22(32-33)29(36)31-21(16-19(4)5)28(35)30-15-14-26(34)39-10-3/h11-13,17,19-21H,8-10,14-16,18H2,1-7H3,(H,30,35)(H,31,36)/t21-/m0/s1. The molecule has 0 radical (unpaired) electrons. The van der Waals surface area contributed by atoms with E-state index in [9.17, 15) is 14.4 Å². The Balaban J connectivity index is 2.38. The molecule has 0 aliphatic rings. The van der Waals surface area contributed by atoms with Crippen molar-refractivity contribution in [2.45, 2.75) is 72.9 Å². The number of aromatic nitrogens is 2. The van der Waals surface area contributed by atoms with Crippen molar-refractivity contribution in [2.75, 3.05) is 27.4 Å². The smallest absolute Gasteiger partial charge is 0.307 e. The largest absolute Gasteiger partial charge is 0.496 e. The van der Waals surface area contributed by atoms with Gasteiger partial charge in [-0.15, -0.1) is 0 Å². The molecule has 0 aliphatic carbocycles. The highest BCUT2D eigenvalue weighted by molar-refractivity contribution is 5.97. The first kappa shape index (κ1) is 31.7. The van der Waals surface area contributed by atoms with E-state index in [2.05, 4.69) is 29.6 Å². The second-order valence-electron chi connectivity index (χ2n) is 9.82. The molecule has 1 heterocycles. The molecule has 10 nitrogen and oxygen atoms in total. The number of benzene rings is 1. The number of methoxy groups -OCH3 is 2. The van der Waals surface area contributed by atoms with Crippen molar-refractivity contribution in [1.82, 2.24) is 20.4 Å². The molecule has 0 fully saturated rings. The Kier molecular flexibility index (Phi) is 12.8. The van der Waals surface area contributed by atoms with E-state index in [1.807, 2.05) is 36.7 Å². The Morgan fingerprint density at radius 2 is 1.67 bits per heavy atom. The molecule has 2 amide bonds. The van der Waals surface area contributed by atoms with Crippen LogP contribution in [0.15, 0.2) is 24.3 Å². The van der Waals surface area contributed by atoms with Crippen LogP contribution in [0.4, 0.5) is 0 Å². The van der Waals surface area contributed by atoms with Gasteiger partial charge in [0.2, 0.25) is 5.91 Å². The van der Waals surface area contributed by atoms with Crippen molar-refractivity contribution in [1.29, 1.82) is 0 Å². The highest BCUT2D eigenvalue weighted by atomic mass is 16.5. The lowest BCUT2D eigenvalue weighted by Gasteiger charge is -2.19. The van der Waals surface area contributed by atoms with E-state index in [0.29, 0.717) is 41.6 Å². The van der Waals surface area contributed by atoms with Gasteiger partial charge in [-0.25, -0.2) is 0 Å². The maximum atomic E-state index is 13.4. The molecular weight excluding hydrogens is 500 g/mol. The van der Waals surface area contributed by atoms with E-state index < -0.39 is 11.9 Å². The summed E-state index contributed by atoms with van der Waals surface area (Å²) in [5.41, 5.74) is 1.59. The Morgan fingerprint density at radius 3 is 2.21 bits per heavy atom. The third-order valence-electron chi connectivity index (χ3n) is 6.55. The number of esters is 1. The molecule has 10 heteroatoms. The van der Waals surface area contributed by atoms with E-state index in [1.165, 1.54) is 0 Å². The number of ether oxygens (including phenoxy) is 3. The number of amides is 2. The van der Waals surface area contributed by atoms with Crippen LogP contribution in [0, 0.1) is 11.8 Å². The fraction of sp³-hybridized carbons (Fsp3) is 0.586. The van der Waals surface area contributed by atoms with Crippen LogP contribution >= 0.6 is 0 Å². The minimum atomic E-state index is -0.784. The number of hydrogen-bond donors (Lipinski definition) is 2. The lowest BCUT2D eigenvalue weighted by Crippen LogP contribution is -2.48. The molecule has 0 aliphatic heterocycles. The molecule has 216 valence electrons. The zero-order valence-corrected chi connectivity index (χ0v) is 24.3.